The van der Waals surface area contributed by atoms with Crippen molar-refractivity contribution in [2.75, 3.05) is 5.75 Å². The third-order valence-corrected chi connectivity index (χ3v) is 3.04. The van der Waals surface area contributed by atoms with Gasteiger partial charge in [-0.2, -0.15) is 13.2 Å². The summed E-state index contributed by atoms with van der Waals surface area (Å²) in [6.45, 7) is 7.20. The van der Waals surface area contributed by atoms with Gasteiger partial charge in [-0.1, -0.05) is 0 Å². The lowest BCUT2D eigenvalue weighted by molar-refractivity contribution is -0.0328. The van der Waals surface area contributed by atoms with Crippen molar-refractivity contribution in [1.82, 2.24) is 9.88 Å². The normalized spacial score (nSPS) is 13.0. The van der Waals surface area contributed by atoms with Gasteiger partial charge in [-0.15, -0.1) is 0 Å². The van der Waals surface area contributed by atoms with E-state index in [1.54, 1.807) is 0 Å². The molecule has 0 saturated carbocycles. The molecule has 1 rings (SSSR count). The van der Waals surface area contributed by atoms with E-state index in [2.05, 4.69) is 26.1 Å². The number of halogens is 3. The van der Waals surface area contributed by atoms with Gasteiger partial charge >= 0.3 is 5.51 Å². The van der Waals surface area contributed by atoms with Crippen molar-refractivity contribution in [2.24, 2.45) is 0 Å². The number of aromatic nitrogens is 1. The van der Waals surface area contributed by atoms with Gasteiger partial charge in [0, 0.05) is 36.3 Å². The highest BCUT2D eigenvalue weighted by Crippen LogP contribution is 2.30. The summed E-state index contributed by atoms with van der Waals surface area (Å²) in [5.74, 6) is 0.0424. The number of thioether (sulfide) groups is 1. The molecule has 0 fully saturated rings. The number of alkyl halides is 3. The number of nitrogens with one attached hydrogen (secondary N) is 1. The van der Waals surface area contributed by atoms with Gasteiger partial charge in [0.1, 0.15) is 0 Å². The van der Waals surface area contributed by atoms with E-state index >= 15 is 0 Å². The fraction of sp³-hybridized carbons (Fsp3) is 0.667. The van der Waals surface area contributed by atoms with Gasteiger partial charge in [-0.05, 0) is 44.7 Å². The standard InChI is InChI=1S/C12H19F3N2S/c1-11(2,3)16-9-10-5-4-6-17(10)7-8-18-12(13,14)15/h4-6,16H,7-9H2,1-3H3. The van der Waals surface area contributed by atoms with Gasteiger partial charge in [-0.25, -0.2) is 0 Å². The van der Waals surface area contributed by atoms with Crippen molar-refractivity contribution < 1.29 is 13.2 Å². The lowest BCUT2D eigenvalue weighted by Crippen LogP contribution is -2.35. The van der Waals surface area contributed by atoms with Crippen LogP contribution in [0.1, 0.15) is 26.5 Å². The Kier molecular flexibility index (Phi) is 5.16. The maximum absolute atomic E-state index is 12.0. The molecule has 0 aliphatic rings. The van der Waals surface area contributed by atoms with Gasteiger partial charge in [0.2, 0.25) is 0 Å². The lowest BCUT2D eigenvalue weighted by atomic mass is 10.1. The maximum Gasteiger partial charge on any atom is 0.441 e. The van der Waals surface area contributed by atoms with E-state index in [-0.39, 0.29) is 23.1 Å². The topological polar surface area (TPSA) is 17.0 Å². The van der Waals surface area contributed by atoms with Crippen molar-refractivity contribution in [2.45, 2.75) is 44.9 Å². The molecule has 18 heavy (non-hydrogen) atoms. The molecular formula is C12H19F3N2S. The molecule has 1 N–H and O–H groups in total. The van der Waals surface area contributed by atoms with Crippen LogP contribution >= 0.6 is 11.8 Å². The van der Waals surface area contributed by atoms with Crippen LogP contribution in [0.4, 0.5) is 13.2 Å². The van der Waals surface area contributed by atoms with Crippen LogP contribution in [0.15, 0.2) is 18.3 Å². The van der Waals surface area contributed by atoms with Gasteiger partial charge in [0.25, 0.3) is 0 Å². The number of rotatable bonds is 5. The van der Waals surface area contributed by atoms with E-state index < -0.39 is 5.51 Å². The smallest absolute Gasteiger partial charge is 0.349 e. The summed E-state index contributed by atoms with van der Waals surface area (Å²) in [5, 5.41) is 3.32. The molecule has 1 aromatic rings. The largest absolute Gasteiger partial charge is 0.441 e. The first-order valence-electron chi connectivity index (χ1n) is 5.77. The SMILES string of the molecule is CC(C)(C)NCc1cccn1CCSC(F)(F)F. The molecule has 0 radical (unpaired) electrons. The van der Waals surface area contributed by atoms with Crippen LogP contribution in [0.2, 0.25) is 0 Å². The Hall–Kier alpha value is -0.620. The summed E-state index contributed by atoms with van der Waals surface area (Å²) in [7, 11) is 0. The summed E-state index contributed by atoms with van der Waals surface area (Å²) < 4.78 is 38.0. The Morgan fingerprint density at radius 1 is 1.28 bits per heavy atom. The lowest BCUT2D eigenvalue weighted by Gasteiger charge is -2.21. The first-order chi connectivity index (χ1) is 8.17. The van der Waals surface area contributed by atoms with E-state index in [1.165, 1.54) is 0 Å². The number of hydrogen-bond acceptors (Lipinski definition) is 2. The van der Waals surface area contributed by atoms with Gasteiger partial charge in [0.05, 0.1) is 0 Å². The Morgan fingerprint density at radius 3 is 2.50 bits per heavy atom. The molecular weight excluding hydrogens is 261 g/mol. The highest BCUT2D eigenvalue weighted by atomic mass is 32.2. The summed E-state index contributed by atoms with van der Waals surface area (Å²) in [6, 6.07) is 3.79. The summed E-state index contributed by atoms with van der Waals surface area (Å²) >= 11 is 0.0229. The van der Waals surface area contributed by atoms with Crippen LogP contribution in [0.5, 0.6) is 0 Å². The quantitative estimate of drug-likeness (QED) is 0.887. The molecule has 6 heteroatoms. The minimum atomic E-state index is -4.14. The average Bonchev–Trinajstić information content (AvgIpc) is 2.59. The highest BCUT2D eigenvalue weighted by molar-refractivity contribution is 8.00. The Labute approximate surface area is 110 Å². The van der Waals surface area contributed by atoms with Crippen LogP contribution in [0.3, 0.4) is 0 Å². The van der Waals surface area contributed by atoms with Crippen LogP contribution in [0, 0.1) is 0 Å². The number of nitrogens with zero attached hydrogens (tertiary/aromatic N) is 1. The first-order valence-corrected chi connectivity index (χ1v) is 6.76. The Balaban J connectivity index is 2.45. The van der Waals surface area contributed by atoms with E-state index in [4.69, 9.17) is 0 Å². The second-order valence-electron chi connectivity index (χ2n) is 5.09. The van der Waals surface area contributed by atoms with Gasteiger partial charge in [0.15, 0.2) is 0 Å². The third kappa shape index (κ3) is 6.35. The molecule has 0 atom stereocenters. The molecule has 0 aliphatic heterocycles. The fourth-order valence-corrected chi connectivity index (χ4v) is 1.96. The molecule has 1 heterocycles. The molecule has 104 valence electrons. The highest BCUT2D eigenvalue weighted by Gasteiger charge is 2.27. The molecule has 0 aliphatic carbocycles. The Morgan fingerprint density at radius 2 is 1.94 bits per heavy atom. The number of hydrogen-bond donors (Lipinski definition) is 1. The van der Waals surface area contributed by atoms with Gasteiger partial charge in [-0.3, -0.25) is 0 Å². The zero-order chi connectivity index (χ0) is 13.8. The molecule has 0 unspecified atom stereocenters. The predicted molar refractivity (Wildman–Crippen MR) is 69.5 cm³/mol. The van der Waals surface area contributed by atoms with Gasteiger partial charge < -0.3 is 9.88 Å². The maximum atomic E-state index is 12.0. The molecule has 0 aromatic carbocycles. The second kappa shape index (κ2) is 6.02. The fourth-order valence-electron chi connectivity index (χ4n) is 1.44. The minimum Gasteiger partial charge on any atom is -0.349 e. The first kappa shape index (κ1) is 15.4. The van der Waals surface area contributed by atoms with Crippen molar-refractivity contribution in [3.63, 3.8) is 0 Å². The minimum absolute atomic E-state index is 0.00415. The number of aryl methyl sites for hydroxylation is 1. The third-order valence-electron chi connectivity index (χ3n) is 2.32. The van der Waals surface area contributed by atoms with E-state index in [1.807, 2.05) is 22.9 Å². The Bertz CT molecular complexity index is 366. The molecule has 1 aromatic heterocycles. The van der Waals surface area contributed by atoms with Crippen molar-refractivity contribution in [3.05, 3.63) is 24.0 Å². The van der Waals surface area contributed by atoms with E-state index in [0.717, 1.165) is 5.69 Å². The molecule has 0 saturated heterocycles. The predicted octanol–water partition coefficient (Wildman–Crippen LogP) is 3.63. The molecule has 0 spiro atoms. The summed E-state index contributed by atoms with van der Waals surface area (Å²) in [4.78, 5) is 0. The van der Waals surface area contributed by atoms with Crippen LogP contribution in [-0.4, -0.2) is 21.4 Å². The zero-order valence-corrected chi connectivity index (χ0v) is 11.7. The van der Waals surface area contributed by atoms with E-state index in [0.29, 0.717) is 13.1 Å². The monoisotopic (exact) mass is 280 g/mol. The molecule has 0 amide bonds. The second-order valence-corrected chi connectivity index (χ2v) is 6.25. The van der Waals surface area contributed by atoms with Crippen molar-refractivity contribution >= 4 is 11.8 Å². The summed E-state index contributed by atoms with van der Waals surface area (Å²) in [6.07, 6.45) is 1.82. The van der Waals surface area contributed by atoms with Crippen LogP contribution in [-0.2, 0) is 13.1 Å². The molecule has 0 bridgehead atoms. The zero-order valence-electron chi connectivity index (χ0n) is 10.8. The van der Waals surface area contributed by atoms with E-state index in [9.17, 15) is 13.2 Å². The average molecular weight is 280 g/mol. The van der Waals surface area contributed by atoms with Crippen molar-refractivity contribution in [1.29, 1.82) is 0 Å². The molecule has 2 nitrogen and oxygen atoms in total. The van der Waals surface area contributed by atoms with Crippen molar-refractivity contribution in [3.8, 4) is 0 Å². The van der Waals surface area contributed by atoms with Crippen LogP contribution < -0.4 is 5.32 Å². The van der Waals surface area contributed by atoms with Crippen LogP contribution in [0.25, 0.3) is 0 Å². The summed E-state index contributed by atoms with van der Waals surface area (Å²) in [5.41, 5.74) is -3.14.